The Morgan fingerprint density at radius 3 is 2.86 bits per heavy atom. The number of imidazole rings is 1. The maximum atomic E-state index is 5.98. The fourth-order valence-electron chi connectivity index (χ4n) is 3.44. The third-order valence-corrected chi connectivity index (χ3v) is 5.54. The molecule has 21 heavy (non-hydrogen) atoms. The van der Waals surface area contributed by atoms with Crippen LogP contribution in [-0.4, -0.2) is 22.5 Å². The summed E-state index contributed by atoms with van der Waals surface area (Å²) in [6, 6.07) is 0. The van der Waals surface area contributed by atoms with E-state index in [1.807, 2.05) is 0 Å². The number of thiazole rings is 1. The predicted molar refractivity (Wildman–Crippen MR) is 90.0 cm³/mol. The van der Waals surface area contributed by atoms with Crippen molar-refractivity contribution in [3.05, 3.63) is 17.3 Å². The van der Waals surface area contributed by atoms with Gasteiger partial charge in [0.1, 0.15) is 0 Å². The van der Waals surface area contributed by atoms with E-state index in [9.17, 15) is 0 Å². The molecular weight excluding hydrogens is 280 g/mol. The Morgan fingerprint density at radius 2 is 2.14 bits per heavy atom. The van der Waals surface area contributed by atoms with Crippen LogP contribution in [0.15, 0.2) is 11.6 Å². The van der Waals surface area contributed by atoms with Crippen molar-refractivity contribution in [2.75, 3.05) is 18.0 Å². The molecule has 3 heterocycles. The van der Waals surface area contributed by atoms with Gasteiger partial charge in [0.25, 0.3) is 0 Å². The van der Waals surface area contributed by atoms with Crippen LogP contribution in [0.2, 0.25) is 0 Å². The first-order valence-electron chi connectivity index (χ1n) is 7.90. The van der Waals surface area contributed by atoms with E-state index in [1.165, 1.54) is 19.3 Å². The predicted octanol–water partition coefficient (Wildman–Crippen LogP) is 3.51. The van der Waals surface area contributed by atoms with Crippen molar-refractivity contribution in [2.24, 2.45) is 17.1 Å². The minimum absolute atomic E-state index is 0.404. The van der Waals surface area contributed by atoms with E-state index in [0.29, 0.717) is 12.0 Å². The average Bonchev–Trinajstić information content (AvgIpc) is 2.89. The van der Waals surface area contributed by atoms with Crippen LogP contribution in [0.1, 0.15) is 45.7 Å². The fraction of sp³-hybridized carbons (Fsp3) is 0.688. The van der Waals surface area contributed by atoms with E-state index in [-0.39, 0.29) is 0 Å². The summed E-state index contributed by atoms with van der Waals surface area (Å²) in [6.45, 7) is 9.85. The lowest BCUT2D eigenvalue weighted by atomic mass is 9.77. The summed E-state index contributed by atoms with van der Waals surface area (Å²) in [5.74, 6) is 1.91. The van der Waals surface area contributed by atoms with Crippen molar-refractivity contribution in [3.63, 3.8) is 0 Å². The molecule has 1 atom stereocenters. The van der Waals surface area contributed by atoms with Gasteiger partial charge in [0.2, 0.25) is 0 Å². The number of anilines is 1. The highest BCUT2D eigenvalue weighted by atomic mass is 32.1. The number of nitrogens with two attached hydrogens (primary N) is 1. The fourth-order valence-corrected chi connectivity index (χ4v) is 4.17. The minimum atomic E-state index is 0.404. The van der Waals surface area contributed by atoms with Crippen LogP contribution in [0.25, 0.3) is 4.96 Å². The number of rotatable bonds is 2. The molecule has 1 unspecified atom stereocenters. The van der Waals surface area contributed by atoms with Gasteiger partial charge in [-0.3, -0.25) is 4.40 Å². The van der Waals surface area contributed by atoms with Crippen molar-refractivity contribution in [1.29, 1.82) is 0 Å². The van der Waals surface area contributed by atoms with Gasteiger partial charge in [-0.25, -0.2) is 4.98 Å². The number of hydrogen-bond acceptors (Lipinski definition) is 4. The van der Waals surface area contributed by atoms with Crippen LogP contribution in [0.4, 0.5) is 5.82 Å². The molecular formula is C16H26N4S. The third kappa shape index (κ3) is 2.81. The molecule has 4 nitrogen and oxygen atoms in total. The summed E-state index contributed by atoms with van der Waals surface area (Å²) < 4.78 is 2.14. The van der Waals surface area contributed by atoms with Crippen LogP contribution >= 0.6 is 11.3 Å². The lowest BCUT2D eigenvalue weighted by molar-refractivity contribution is 0.220. The number of nitrogens with zero attached hydrogens (tertiary/aromatic N) is 3. The molecule has 0 radical (unpaired) electrons. The lowest BCUT2D eigenvalue weighted by Crippen LogP contribution is -2.27. The standard InChI is InChI=1S/C16H26N4S/c1-16(2,3)12-5-4-7-19(8-6-12)14-13(11-17)20-9-10-21-15(20)18-14/h9-10,12H,4-8,11,17H2,1-3H3. The molecule has 2 aromatic rings. The van der Waals surface area contributed by atoms with E-state index < -0.39 is 0 Å². The molecule has 1 fully saturated rings. The van der Waals surface area contributed by atoms with Gasteiger partial charge >= 0.3 is 0 Å². The molecule has 0 amide bonds. The van der Waals surface area contributed by atoms with E-state index in [1.54, 1.807) is 11.3 Å². The highest BCUT2D eigenvalue weighted by molar-refractivity contribution is 7.15. The molecule has 2 aromatic heterocycles. The van der Waals surface area contributed by atoms with Crippen molar-refractivity contribution >= 4 is 22.1 Å². The molecule has 0 bridgehead atoms. The maximum absolute atomic E-state index is 5.98. The summed E-state index contributed by atoms with van der Waals surface area (Å²) in [5.41, 5.74) is 7.54. The number of hydrogen-bond donors (Lipinski definition) is 1. The maximum Gasteiger partial charge on any atom is 0.195 e. The topological polar surface area (TPSA) is 46.6 Å². The zero-order valence-electron chi connectivity index (χ0n) is 13.3. The summed E-state index contributed by atoms with van der Waals surface area (Å²) >= 11 is 1.68. The molecule has 0 aromatic carbocycles. The molecule has 0 saturated carbocycles. The Kier molecular flexibility index (Phi) is 3.97. The number of aromatic nitrogens is 2. The smallest absolute Gasteiger partial charge is 0.195 e. The van der Waals surface area contributed by atoms with Crippen molar-refractivity contribution in [3.8, 4) is 0 Å². The van der Waals surface area contributed by atoms with Gasteiger partial charge in [-0.15, -0.1) is 11.3 Å². The van der Waals surface area contributed by atoms with Crippen LogP contribution < -0.4 is 10.6 Å². The quantitative estimate of drug-likeness (QED) is 0.923. The largest absolute Gasteiger partial charge is 0.355 e. The van der Waals surface area contributed by atoms with Crippen LogP contribution in [0.3, 0.4) is 0 Å². The first-order valence-corrected chi connectivity index (χ1v) is 8.78. The SMILES string of the molecule is CC(C)(C)C1CCCN(c2nc3sccn3c2CN)CC1. The normalized spacial score (nSPS) is 21.0. The summed E-state index contributed by atoms with van der Waals surface area (Å²) in [4.78, 5) is 8.33. The highest BCUT2D eigenvalue weighted by Crippen LogP contribution is 2.35. The third-order valence-electron chi connectivity index (χ3n) is 4.79. The van der Waals surface area contributed by atoms with Gasteiger partial charge in [0.05, 0.1) is 5.69 Å². The second-order valence-corrected chi connectivity index (χ2v) is 8.00. The van der Waals surface area contributed by atoms with Crippen molar-refractivity contribution < 1.29 is 0 Å². The number of fused-ring (bicyclic) bond motifs is 1. The molecule has 3 rings (SSSR count). The monoisotopic (exact) mass is 306 g/mol. The first kappa shape index (κ1) is 14.9. The first-order chi connectivity index (χ1) is 10.0. The summed E-state index contributed by atoms with van der Waals surface area (Å²) in [6.07, 6.45) is 5.89. The Morgan fingerprint density at radius 1 is 1.33 bits per heavy atom. The minimum Gasteiger partial charge on any atom is -0.355 e. The highest BCUT2D eigenvalue weighted by Gasteiger charge is 2.28. The Balaban J connectivity index is 1.84. The van der Waals surface area contributed by atoms with Gasteiger partial charge in [-0.05, 0) is 30.6 Å². The summed E-state index contributed by atoms with van der Waals surface area (Å²) in [5, 5.41) is 2.07. The van der Waals surface area contributed by atoms with Crippen LogP contribution in [0, 0.1) is 11.3 Å². The van der Waals surface area contributed by atoms with Gasteiger partial charge < -0.3 is 10.6 Å². The summed E-state index contributed by atoms with van der Waals surface area (Å²) in [7, 11) is 0. The molecule has 116 valence electrons. The molecule has 0 aliphatic carbocycles. The molecule has 1 aliphatic rings. The van der Waals surface area contributed by atoms with Crippen molar-refractivity contribution in [2.45, 2.75) is 46.6 Å². The molecule has 2 N–H and O–H groups in total. The van der Waals surface area contributed by atoms with E-state index in [4.69, 9.17) is 10.7 Å². The van der Waals surface area contributed by atoms with Crippen LogP contribution in [0.5, 0.6) is 0 Å². The second kappa shape index (κ2) is 5.61. The molecule has 1 aliphatic heterocycles. The van der Waals surface area contributed by atoms with E-state index >= 15 is 0 Å². The average molecular weight is 306 g/mol. The van der Waals surface area contributed by atoms with Gasteiger partial charge in [-0.1, -0.05) is 20.8 Å². The van der Waals surface area contributed by atoms with Gasteiger partial charge in [0, 0.05) is 31.2 Å². The van der Waals surface area contributed by atoms with E-state index in [0.717, 1.165) is 35.5 Å². The van der Waals surface area contributed by atoms with E-state index in [2.05, 4.69) is 41.6 Å². The lowest BCUT2D eigenvalue weighted by Gasteiger charge is -2.29. The Bertz CT molecular complexity index is 607. The molecule has 0 spiro atoms. The van der Waals surface area contributed by atoms with Gasteiger partial charge in [0.15, 0.2) is 10.8 Å². The van der Waals surface area contributed by atoms with Crippen LogP contribution in [-0.2, 0) is 6.54 Å². The van der Waals surface area contributed by atoms with Crippen molar-refractivity contribution in [1.82, 2.24) is 9.38 Å². The Hall–Kier alpha value is -1.07. The zero-order valence-corrected chi connectivity index (χ0v) is 14.1. The second-order valence-electron chi connectivity index (χ2n) is 7.12. The molecule has 1 saturated heterocycles. The van der Waals surface area contributed by atoms with Gasteiger partial charge in [-0.2, -0.15) is 0 Å². The Labute approximate surface area is 131 Å². The molecule has 5 heteroatoms. The zero-order chi connectivity index (χ0) is 15.0.